The van der Waals surface area contributed by atoms with Gasteiger partial charge in [-0.1, -0.05) is 6.92 Å². The summed E-state index contributed by atoms with van der Waals surface area (Å²) in [6, 6.07) is 4.03. The largest absolute Gasteiger partial charge is 0.331 e. The molecule has 3 rings (SSSR count). The van der Waals surface area contributed by atoms with Crippen LogP contribution < -0.4 is 0 Å². The molecule has 1 heterocycles. The first-order valence-corrected chi connectivity index (χ1v) is 8.12. The summed E-state index contributed by atoms with van der Waals surface area (Å²) in [5.41, 5.74) is 1.71. The molecule has 0 spiro atoms. The fraction of sp³-hybridized carbons (Fsp3) is 0.500. The zero-order valence-corrected chi connectivity index (χ0v) is 13.7. The summed E-state index contributed by atoms with van der Waals surface area (Å²) in [7, 11) is 0. The molecule has 1 saturated carbocycles. The molecule has 0 radical (unpaired) electrons. The van der Waals surface area contributed by atoms with Gasteiger partial charge in [-0.3, -0.25) is 4.90 Å². The lowest BCUT2D eigenvalue weighted by Crippen LogP contribution is -2.29. The van der Waals surface area contributed by atoms with Crippen molar-refractivity contribution in [3.63, 3.8) is 0 Å². The fourth-order valence-electron chi connectivity index (χ4n) is 2.64. The molecule has 1 fully saturated rings. The van der Waals surface area contributed by atoms with E-state index in [0.717, 1.165) is 36.7 Å². The van der Waals surface area contributed by atoms with Crippen molar-refractivity contribution in [3.05, 3.63) is 27.2 Å². The predicted octanol–water partition coefficient (Wildman–Crippen LogP) is 4.08. The van der Waals surface area contributed by atoms with Crippen molar-refractivity contribution in [2.75, 3.05) is 13.1 Å². The Morgan fingerprint density at radius 1 is 1.50 bits per heavy atom. The minimum Gasteiger partial charge on any atom is -0.331 e. The van der Waals surface area contributed by atoms with E-state index in [4.69, 9.17) is 12.2 Å². The van der Waals surface area contributed by atoms with Gasteiger partial charge in [0.2, 0.25) is 0 Å². The summed E-state index contributed by atoms with van der Waals surface area (Å²) in [5, 5.41) is 0. The number of nitrogens with zero attached hydrogens (tertiary/aromatic N) is 2. The van der Waals surface area contributed by atoms with Crippen LogP contribution in [0.5, 0.6) is 0 Å². The molecule has 0 unspecified atom stereocenters. The smallest absolute Gasteiger partial charge is 0.178 e. The molecule has 1 aliphatic rings. The summed E-state index contributed by atoms with van der Waals surface area (Å²) in [4.78, 5) is 5.61. The molecule has 1 aromatic heterocycles. The summed E-state index contributed by atoms with van der Waals surface area (Å²) in [6.07, 6.45) is 2.60. The van der Waals surface area contributed by atoms with E-state index >= 15 is 0 Å². The fourth-order valence-corrected chi connectivity index (χ4v) is 3.28. The molecule has 20 heavy (non-hydrogen) atoms. The maximum Gasteiger partial charge on any atom is 0.178 e. The van der Waals surface area contributed by atoms with Crippen molar-refractivity contribution in [1.29, 1.82) is 0 Å². The van der Waals surface area contributed by atoms with Crippen molar-refractivity contribution in [2.24, 2.45) is 0 Å². The van der Waals surface area contributed by atoms with Crippen LogP contribution in [-0.4, -0.2) is 33.6 Å². The van der Waals surface area contributed by atoms with Gasteiger partial charge in [0, 0.05) is 25.2 Å². The first-order valence-electron chi connectivity index (χ1n) is 6.91. The average Bonchev–Trinajstić information content (AvgIpc) is 3.19. The van der Waals surface area contributed by atoms with Crippen LogP contribution in [0.3, 0.4) is 0 Å². The molecule has 0 aliphatic heterocycles. The number of H-pyrrole nitrogens is 1. The van der Waals surface area contributed by atoms with Gasteiger partial charge in [0.05, 0.1) is 15.5 Å². The van der Waals surface area contributed by atoms with Crippen LogP contribution in [0.1, 0.15) is 19.8 Å². The van der Waals surface area contributed by atoms with Crippen LogP contribution in [0, 0.1) is 10.6 Å². The number of hydrogen-bond donors (Lipinski definition) is 1. The summed E-state index contributed by atoms with van der Waals surface area (Å²) >= 11 is 8.56. The third-order valence-corrected chi connectivity index (χ3v) is 4.83. The van der Waals surface area contributed by atoms with Crippen LogP contribution in [0.4, 0.5) is 4.39 Å². The maximum absolute atomic E-state index is 13.7. The predicted molar refractivity (Wildman–Crippen MR) is 85.0 cm³/mol. The lowest BCUT2D eigenvalue weighted by atomic mass is 10.3. The number of halogens is 2. The lowest BCUT2D eigenvalue weighted by molar-refractivity contribution is 0.267. The monoisotopic (exact) mass is 357 g/mol. The maximum atomic E-state index is 13.7. The van der Waals surface area contributed by atoms with Crippen molar-refractivity contribution in [3.8, 4) is 0 Å². The number of aromatic amines is 1. The zero-order valence-electron chi connectivity index (χ0n) is 11.3. The second-order valence-electron chi connectivity index (χ2n) is 5.23. The third-order valence-electron chi connectivity index (χ3n) is 3.90. The van der Waals surface area contributed by atoms with Gasteiger partial charge in [0.25, 0.3) is 0 Å². The topological polar surface area (TPSA) is 24.0 Å². The third kappa shape index (κ3) is 2.69. The number of imidazole rings is 1. The van der Waals surface area contributed by atoms with E-state index in [0.29, 0.717) is 9.24 Å². The van der Waals surface area contributed by atoms with Gasteiger partial charge < -0.3 is 9.55 Å². The van der Waals surface area contributed by atoms with Crippen molar-refractivity contribution in [1.82, 2.24) is 14.5 Å². The van der Waals surface area contributed by atoms with Gasteiger partial charge in [0.1, 0.15) is 5.82 Å². The highest BCUT2D eigenvalue weighted by Gasteiger charge is 2.27. The summed E-state index contributed by atoms with van der Waals surface area (Å²) in [5.74, 6) is -0.255. The molecule has 1 N–H and O–H groups in total. The van der Waals surface area contributed by atoms with E-state index in [9.17, 15) is 4.39 Å². The van der Waals surface area contributed by atoms with Crippen molar-refractivity contribution in [2.45, 2.75) is 32.4 Å². The molecule has 1 aliphatic carbocycles. The molecule has 6 heteroatoms. The minimum absolute atomic E-state index is 0.255. The number of nitrogens with one attached hydrogen (secondary N) is 1. The zero-order chi connectivity index (χ0) is 14.3. The highest BCUT2D eigenvalue weighted by Crippen LogP contribution is 2.27. The number of benzene rings is 1. The van der Waals surface area contributed by atoms with Gasteiger partial charge in [-0.15, -0.1) is 0 Å². The number of fused-ring (bicyclic) bond motifs is 1. The number of likely N-dealkylation sites (N-methyl/N-ethyl adjacent to an activating group) is 1. The lowest BCUT2D eigenvalue weighted by Gasteiger charge is -2.20. The molecule has 2 aromatic rings. The van der Waals surface area contributed by atoms with E-state index in [-0.39, 0.29) is 5.82 Å². The minimum atomic E-state index is -0.255. The Morgan fingerprint density at radius 2 is 2.25 bits per heavy atom. The SMILES string of the molecule is CCN(CCn1c(=S)[nH]c2cc(Br)c(F)cc21)C1CC1. The molecule has 0 atom stereocenters. The molecule has 0 amide bonds. The Hall–Kier alpha value is -0.720. The van der Waals surface area contributed by atoms with Gasteiger partial charge in [-0.05, 0) is 53.6 Å². The molecular formula is C14H17BrFN3S. The van der Waals surface area contributed by atoms with E-state index < -0.39 is 0 Å². The molecule has 108 valence electrons. The Balaban J connectivity index is 1.88. The molecule has 0 saturated heterocycles. The first kappa shape index (κ1) is 14.2. The average molecular weight is 358 g/mol. The number of hydrogen-bond acceptors (Lipinski definition) is 2. The van der Waals surface area contributed by atoms with Crippen LogP contribution in [-0.2, 0) is 6.54 Å². The van der Waals surface area contributed by atoms with Gasteiger partial charge in [0.15, 0.2) is 4.77 Å². The number of rotatable bonds is 5. The quantitative estimate of drug-likeness (QED) is 0.815. The molecular weight excluding hydrogens is 341 g/mol. The van der Waals surface area contributed by atoms with E-state index in [1.807, 2.05) is 4.57 Å². The van der Waals surface area contributed by atoms with E-state index in [1.54, 1.807) is 12.1 Å². The van der Waals surface area contributed by atoms with Crippen LogP contribution >= 0.6 is 28.1 Å². The van der Waals surface area contributed by atoms with Gasteiger partial charge in [-0.2, -0.15) is 0 Å². The normalized spacial score (nSPS) is 15.4. The first-order chi connectivity index (χ1) is 9.60. The van der Waals surface area contributed by atoms with Crippen LogP contribution in [0.2, 0.25) is 0 Å². The Kier molecular flexibility index (Phi) is 3.97. The molecule has 3 nitrogen and oxygen atoms in total. The summed E-state index contributed by atoms with van der Waals surface area (Å²) in [6.45, 7) is 4.99. The van der Waals surface area contributed by atoms with E-state index in [1.165, 1.54) is 12.8 Å². The van der Waals surface area contributed by atoms with E-state index in [2.05, 4.69) is 32.7 Å². The number of aromatic nitrogens is 2. The Bertz CT molecular complexity index is 690. The van der Waals surface area contributed by atoms with Gasteiger partial charge in [-0.25, -0.2) is 4.39 Å². The highest BCUT2D eigenvalue weighted by molar-refractivity contribution is 9.10. The second kappa shape index (κ2) is 5.58. The summed E-state index contributed by atoms with van der Waals surface area (Å²) < 4.78 is 16.8. The Morgan fingerprint density at radius 3 is 2.90 bits per heavy atom. The molecule has 0 bridgehead atoms. The standard InChI is InChI=1S/C14H17BrFN3S/c1-2-18(9-3-4-9)5-6-19-13-8-11(16)10(15)7-12(13)17-14(19)20/h7-9H,2-6H2,1H3,(H,17,20). The molecule has 1 aromatic carbocycles. The van der Waals surface area contributed by atoms with Crippen LogP contribution in [0.25, 0.3) is 11.0 Å². The second-order valence-corrected chi connectivity index (χ2v) is 6.47. The van der Waals surface area contributed by atoms with Gasteiger partial charge >= 0.3 is 0 Å². The van der Waals surface area contributed by atoms with Crippen molar-refractivity contribution < 1.29 is 4.39 Å². The highest BCUT2D eigenvalue weighted by atomic mass is 79.9. The Labute approximate surface area is 130 Å². The van der Waals surface area contributed by atoms with Crippen LogP contribution in [0.15, 0.2) is 16.6 Å². The van der Waals surface area contributed by atoms with Crippen molar-refractivity contribution >= 4 is 39.2 Å².